The monoisotopic (exact) mass is 327 g/mol. The fourth-order valence-electron chi connectivity index (χ4n) is 1.75. The molecule has 1 aromatic rings. The first kappa shape index (κ1) is 20.5. The van der Waals surface area contributed by atoms with Gasteiger partial charge in [0.05, 0.1) is 7.11 Å². The molecule has 1 aromatic carbocycles. The van der Waals surface area contributed by atoms with Gasteiger partial charge in [-0.3, -0.25) is 8.74 Å². The highest BCUT2D eigenvalue weighted by atomic mass is 32.3. The van der Waals surface area contributed by atoms with Crippen molar-refractivity contribution >= 4 is 10.4 Å². The minimum Gasteiger partial charge on any atom is -0.312 e. The third kappa shape index (κ3) is 12.3. The molecular formula is C16H25NO4S. The Bertz CT molecular complexity index is 504. The van der Waals surface area contributed by atoms with Crippen molar-refractivity contribution in [1.82, 2.24) is 5.32 Å². The molecule has 0 saturated heterocycles. The fourth-order valence-corrected chi connectivity index (χ4v) is 1.75. The molecule has 0 heterocycles. The Morgan fingerprint density at radius 3 is 2.14 bits per heavy atom. The van der Waals surface area contributed by atoms with Crippen molar-refractivity contribution in [3.05, 3.63) is 61.2 Å². The molecule has 22 heavy (non-hydrogen) atoms. The Balaban J connectivity index is 0.000000626. The molecule has 1 rings (SSSR count). The first-order valence-electron chi connectivity index (χ1n) is 6.92. The summed E-state index contributed by atoms with van der Waals surface area (Å²) >= 11 is 0. The summed E-state index contributed by atoms with van der Waals surface area (Å²) < 4.78 is 29.7. The Morgan fingerprint density at radius 2 is 1.73 bits per heavy atom. The molecule has 0 aliphatic heterocycles. The van der Waals surface area contributed by atoms with Gasteiger partial charge in [0.15, 0.2) is 0 Å². The summed E-state index contributed by atoms with van der Waals surface area (Å²) in [5.74, 6) is 0.624. The van der Waals surface area contributed by atoms with Crippen LogP contribution in [0.4, 0.5) is 0 Å². The summed E-state index contributed by atoms with van der Waals surface area (Å²) in [7, 11) is -3.29. The maximum Gasteiger partial charge on any atom is 0.397 e. The van der Waals surface area contributed by atoms with Crippen LogP contribution in [0.1, 0.15) is 18.4 Å². The molecule has 6 heteroatoms. The van der Waals surface area contributed by atoms with Gasteiger partial charge in [-0.2, -0.15) is 8.42 Å². The van der Waals surface area contributed by atoms with E-state index in [9.17, 15) is 8.42 Å². The second kappa shape index (κ2) is 12.1. The summed E-state index contributed by atoms with van der Waals surface area (Å²) in [6.07, 6.45) is 6.07. The highest BCUT2D eigenvalue weighted by Gasteiger charge is 2.03. The zero-order valence-electron chi connectivity index (χ0n) is 12.9. The second-order valence-electron chi connectivity index (χ2n) is 4.63. The van der Waals surface area contributed by atoms with E-state index in [-0.39, 0.29) is 0 Å². The highest BCUT2D eigenvalue weighted by Crippen LogP contribution is 2.08. The molecule has 0 spiro atoms. The van der Waals surface area contributed by atoms with Crippen LogP contribution in [0, 0.1) is 5.92 Å². The molecule has 0 radical (unpaired) electrons. The van der Waals surface area contributed by atoms with E-state index in [1.165, 1.54) is 5.56 Å². The number of hydrogen-bond donors (Lipinski definition) is 2. The van der Waals surface area contributed by atoms with E-state index in [0.29, 0.717) is 5.92 Å². The maximum absolute atomic E-state index is 9.33. The van der Waals surface area contributed by atoms with Gasteiger partial charge in [-0.1, -0.05) is 42.5 Å². The van der Waals surface area contributed by atoms with E-state index in [4.69, 9.17) is 4.55 Å². The zero-order chi connectivity index (χ0) is 16.8. The largest absolute Gasteiger partial charge is 0.397 e. The van der Waals surface area contributed by atoms with Crippen molar-refractivity contribution < 1.29 is 17.2 Å². The molecule has 0 amide bonds. The van der Waals surface area contributed by atoms with E-state index in [2.05, 4.69) is 46.9 Å². The Hall–Kier alpha value is -1.47. The van der Waals surface area contributed by atoms with E-state index < -0.39 is 10.4 Å². The summed E-state index contributed by atoms with van der Waals surface area (Å²) in [4.78, 5) is 0. The van der Waals surface area contributed by atoms with Crippen molar-refractivity contribution in [1.29, 1.82) is 0 Å². The van der Waals surface area contributed by atoms with Crippen LogP contribution in [0.3, 0.4) is 0 Å². The van der Waals surface area contributed by atoms with Gasteiger partial charge in [0.2, 0.25) is 0 Å². The van der Waals surface area contributed by atoms with Crippen LogP contribution in [0.5, 0.6) is 0 Å². The van der Waals surface area contributed by atoms with Gasteiger partial charge >= 0.3 is 10.4 Å². The molecular weight excluding hydrogens is 302 g/mol. The molecule has 5 nitrogen and oxygen atoms in total. The Kier molecular flexibility index (Phi) is 11.3. The predicted molar refractivity (Wildman–Crippen MR) is 89.8 cm³/mol. The minimum absolute atomic E-state index is 0.624. The molecule has 0 saturated carbocycles. The lowest BCUT2D eigenvalue weighted by molar-refractivity contribution is 0.324. The first-order chi connectivity index (χ1) is 10.4. The van der Waals surface area contributed by atoms with Gasteiger partial charge in [0.1, 0.15) is 0 Å². The Morgan fingerprint density at radius 1 is 1.23 bits per heavy atom. The zero-order valence-corrected chi connectivity index (χ0v) is 13.8. The molecule has 0 unspecified atom stereocenters. The molecule has 0 fully saturated rings. The van der Waals surface area contributed by atoms with Gasteiger partial charge in [0.25, 0.3) is 0 Å². The maximum atomic E-state index is 9.33. The lowest BCUT2D eigenvalue weighted by atomic mass is 10.0. The molecule has 0 bridgehead atoms. The van der Waals surface area contributed by atoms with E-state index >= 15 is 0 Å². The number of nitrogens with one attached hydrogen (secondary N) is 1. The van der Waals surface area contributed by atoms with Crippen LogP contribution < -0.4 is 5.32 Å². The van der Waals surface area contributed by atoms with Crippen LogP contribution in [0.2, 0.25) is 0 Å². The number of hydrogen-bond acceptors (Lipinski definition) is 4. The fraction of sp³-hybridized carbons (Fsp3) is 0.375. The molecule has 0 aromatic heterocycles. The van der Waals surface area contributed by atoms with Crippen molar-refractivity contribution in [3.63, 3.8) is 0 Å². The summed E-state index contributed by atoms with van der Waals surface area (Å²) in [6.45, 7) is 9.53. The van der Waals surface area contributed by atoms with Crippen LogP contribution in [-0.4, -0.2) is 26.6 Å². The number of rotatable bonds is 9. The van der Waals surface area contributed by atoms with Crippen LogP contribution in [0.25, 0.3) is 0 Å². The Labute approximate surface area is 133 Å². The number of allylic oxidation sites excluding steroid dienone is 2. The average molecular weight is 327 g/mol. The van der Waals surface area contributed by atoms with Gasteiger partial charge in [-0.05, 0) is 30.9 Å². The van der Waals surface area contributed by atoms with Gasteiger partial charge in [-0.25, -0.2) is 0 Å². The highest BCUT2D eigenvalue weighted by molar-refractivity contribution is 7.80. The summed E-state index contributed by atoms with van der Waals surface area (Å²) in [5, 5.41) is 3.48. The molecule has 0 aliphatic carbocycles. The molecule has 0 aliphatic rings. The quantitative estimate of drug-likeness (QED) is 0.539. The second-order valence-corrected chi connectivity index (χ2v) is 5.81. The summed E-state index contributed by atoms with van der Waals surface area (Å²) in [5.41, 5.74) is 1.33. The first-order valence-corrected chi connectivity index (χ1v) is 8.29. The lowest BCUT2D eigenvalue weighted by Gasteiger charge is -2.13. The normalized spacial score (nSPS) is 10.7. The van der Waals surface area contributed by atoms with Crippen molar-refractivity contribution in [2.24, 2.45) is 5.92 Å². The standard InChI is InChI=1S/C15H21N.CH4O4S/c1-3-8-14(9-4-2)12-16-13-15-10-6-5-7-11-15;1-5-6(2,3)4/h3-7,10-11,14,16H,1-2,8-9,12-13H2;1H3,(H,2,3,4). The van der Waals surface area contributed by atoms with Crippen molar-refractivity contribution in [2.75, 3.05) is 13.7 Å². The molecule has 124 valence electrons. The van der Waals surface area contributed by atoms with Gasteiger partial charge in [-0.15, -0.1) is 13.2 Å². The van der Waals surface area contributed by atoms with Crippen LogP contribution in [0.15, 0.2) is 55.6 Å². The summed E-state index contributed by atoms with van der Waals surface area (Å²) in [6, 6.07) is 10.5. The minimum atomic E-state index is -4.16. The predicted octanol–water partition coefficient (Wildman–Crippen LogP) is 2.98. The molecule has 2 N–H and O–H groups in total. The number of benzene rings is 1. The lowest BCUT2D eigenvalue weighted by Crippen LogP contribution is -2.21. The van der Waals surface area contributed by atoms with Gasteiger partial charge < -0.3 is 5.32 Å². The third-order valence-electron chi connectivity index (χ3n) is 2.82. The van der Waals surface area contributed by atoms with Gasteiger partial charge in [0, 0.05) is 6.54 Å². The average Bonchev–Trinajstić information content (AvgIpc) is 2.49. The van der Waals surface area contributed by atoms with Crippen molar-refractivity contribution in [3.8, 4) is 0 Å². The van der Waals surface area contributed by atoms with Crippen LogP contribution >= 0.6 is 0 Å². The topological polar surface area (TPSA) is 75.6 Å². The molecule has 0 atom stereocenters. The smallest absolute Gasteiger partial charge is 0.312 e. The van der Waals surface area contributed by atoms with E-state index in [1.807, 2.05) is 18.2 Å². The SMILES string of the molecule is C=CCC(CC=C)CNCc1ccccc1.COS(=O)(=O)O. The van der Waals surface area contributed by atoms with Crippen molar-refractivity contribution in [2.45, 2.75) is 19.4 Å². The third-order valence-corrected chi connectivity index (χ3v) is 3.24. The van der Waals surface area contributed by atoms with E-state index in [1.54, 1.807) is 0 Å². The van der Waals surface area contributed by atoms with Crippen LogP contribution in [-0.2, 0) is 21.1 Å². The van der Waals surface area contributed by atoms with E-state index in [0.717, 1.165) is 33.0 Å².